The molecule has 0 atom stereocenters. The molecule has 0 saturated carbocycles. The third-order valence-electron chi connectivity index (χ3n) is 0.771. The Morgan fingerprint density at radius 2 is 2.10 bits per heavy atom. The van der Waals surface area contributed by atoms with E-state index in [0.29, 0.717) is 6.54 Å². The summed E-state index contributed by atoms with van der Waals surface area (Å²) in [5.74, 6) is 0. The van der Waals surface area contributed by atoms with Crippen LogP contribution < -0.4 is 0 Å². The van der Waals surface area contributed by atoms with Crippen molar-refractivity contribution in [3.05, 3.63) is 0 Å². The number of nitrogens with zero attached hydrogens (tertiary/aromatic N) is 3. The maximum absolute atomic E-state index is 8.29. The van der Waals surface area contributed by atoms with Gasteiger partial charge in [-0.15, -0.1) is 0 Å². The molecule has 0 aromatic heterocycles. The molecule has 0 aliphatic heterocycles. The Bertz CT molecular complexity index is 237. The van der Waals surface area contributed by atoms with E-state index in [0.717, 1.165) is 0 Å². The standard InChI is InChI=1S/C6H6N4/c1-2-10-6(4-8)5(9)3-7/h9H,2H2,1H3. The van der Waals surface area contributed by atoms with Crippen LogP contribution in [0.25, 0.3) is 0 Å². The summed E-state index contributed by atoms with van der Waals surface area (Å²) in [6.07, 6.45) is 0. The van der Waals surface area contributed by atoms with Crippen molar-refractivity contribution in [2.75, 3.05) is 6.54 Å². The first kappa shape index (κ1) is 8.32. The zero-order chi connectivity index (χ0) is 7.98. The Morgan fingerprint density at radius 3 is 2.40 bits per heavy atom. The molecule has 50 valence electrons. The van der Waals surface area contributed by atoms with Gasteiger partial charge in [0.1, 0.15) is 12.1 Å². The van der Waals surface area contributed by atoms with Crippen molar-refractivity contribution in [1.82, 2.24) is 0 Å². The number of nitrogens with one attached hydrogen (secondary N) is 1. The topological polar surface area (TPSA) is 83.8 Å². The molecule has 0 aliphatic carbocycles. The fourth-order valence-electron chi connectivity index (χ4n) is 0.381. The summed E-state index contributed by atoms with van der Waals surface area (Å²) >= 11 is 0. The summed E-state index contributed by atoms with van der Waals surface area (Å²) in [6.45, 7) is 2.16. The SMILES string of the molecule is CCN=C(C#N)C(=N)C#N. The largest absolute Gasteiger partial charge is 0.288 e. The maximum Gasteiger partial charge on any atom is 0.171 e. The Hall–Kier alpha value is -1.68. The predicted molar refractivity (Wildman–Crippen MR) is 36.9 cm³/mol. The second kappa shape index (κ2) is 4.22. The molecule has 4 heteroatoms. The number of rotatable bonds is 2. The average molecular weight is 134 g/mol. The molecule has 0 saturated heterocycles. The lowest BCUT2D eigenvalue weighted by atomic mass is 10.3. The van der Waals surface area contributed by atoms with E-state index in [1.165, 1.54) is 6.07 Å². The van der Waals surface area contributed by atoms with Crippen LogP contribution in [0.3, 0.4) is 0 Å². The number of hydrogen-bond donors (Lipinski definition) is 1. The summed E-state index contributed by atoms with van der Waals surface area (Å²) in [6, 6.07) is 3.19. The molecule has 0 aromatic carbocycles. The second-order valence-electron chi connectivity index (χ2n) is 1.42. The van der Waals surface area contributed by atoms with Crippen LogP contribution in [-0.2, 0) is 0 Å². The van der Waals surface area contributed by atoms with Crippen molar-refractivity contribution in [3.63, 3.8) is 0 Å². The van der Waals surface area contributed by atoms with E-state index < -0.39 is 0 Å². The minimum Gasteiger partial charge on any atom is -0.288 e. The normalized spacial score (nSPS) is 9.70. The molecule has 0 radical (unpaired) electrons. The van der Waals surface area contributed by atoms with Gasteiger partial charge in [-0.25, -0.2) is 0 Å². The van der Waals surface area contributed by atoms with E-state index in [9.17, 15) is 0 Å². The first-order chi connectivity index (χ1) is 4.76. The van der Waals surface area contributed by atoms with Crippen LogP contribution in [0.4, 0.5) is 0 Å². The summed E-state index contributed by atoms with van der Waals surface area (Å²) in [7, 11) is 0. The van der Waals surface area contributed by atoms with E-state index in [2.05, 4.69) is 4.99 Å². The second-order valence-corrected chi connectivity index (χ2v) is 1.42. The lowest BCUT2D eigenvalue weighted by Gasteiger charge is -1.86. The molecule has 1 N–H and O–H groups in total. The molecule has 0 heterocycles. The third kappa shape index (κ3) is 2.06. The van der Waals surface area contributed by atoms with Gasteiger partial charge in [0, 0.05) is 6.54 Å². The highest BCUT2D eigenvalue weighted by Gasteiger charge is 2.01. The smallest absolute Gasteiger partial charge is 0.171 e. The summed E-state index contributed by atoms with van der Waals surface area (Å²) in [4.78, 5) is 3.62. The molecule has 0 rings (SSSR count). The molecular weight excluding hydrogens is 128 g/mol. The molecule has 0 fully saturated rings. The van der Waals surface area contributed by atoms with Gasteiger partial charge in [0.05, 0.1) is 0 Å². The van der Waals surface area contributed by atoms with Crippen molar-refractivity contribution in [3.8, 4) is 12.1 Å². The fourth-order valence-corrected chi connectivity index (χ4v) is 0.381. The predicted octanol–water partition coefficient (Wildman–Crippen LogP) is 0.514. The van der Waals surface area contributed by atoms with Crippen molar-refractivity contribution >= 4 is 11.4 Å². The molecule has 0 aliphatic rings. The maximum atomic E-state index is 8.29. The van der Waals surface area contributed by atoms with Crippen LogP contribution in [0, 0.1) is 28.1 Å². The Morgan fingerprint density at radius 1 is 1.50 bits per heavy atom. The van der Waals surface area contributed by atoms with Crippen LogP contribution in [0.2, 0.25) is 0 Å². The van der Waals surface area contributed by atoms with Crippen LogP contribution in [0.1, 0.15) is 6.92 Å². The van der Waals surface area contributed by atoms with Crippen LogP contribution in [0.15, 0.2) is 4.99 Å². The van der Waals surface area contributed by atoms with E-state index in [4.69, 9.17) is 15.9 Å². The number of hydrogen-bond acceptors (Lipinski definition) is 4. The lowest BCUT2D eigenvalue weighted by molar-refractivity contribution is 1.14. The van der Waals surface area contributed by atoms with Gasteiger partial charge >= 0.3 is 0 Å². The zero-order valence-corrected chi connectivity index (χ0v) is 5.55. The third-order valence-corrected chi connectivity index (χ3v) is 0.771. The molecule has 0 aromatic rings. The van der Waals surface area contributed by atoms with Gasteiger partial charge in [-0.05, 0) is 6.92 Å². The van der Waals surface area contributed by atoms with Crippen molar-refractivity contribution in [2.24, 2.45) is 4.99 Å². The van der Waals surface area contributed by atoms with Gasteiger partial charge in [-0.3, -0.25) is 10.4 Å². The molecule has 0 spiro atoms. The van der Waals surface area contributed by atoms with Gasteiger partial charge in [-0.1, -0.05) is 0 Å². The minimum atomic E-state index is -0.371. The van der Waals surface area contributed by atoms with Crippen LogP contribution >= 0.6 is 0 Å². The Balaban J connectivity index is 4.45. The van der Waals surface area contributed by atoms with Crippen LogP contribution in [0.5, 0.6) is 0 Å². The van der Waals surface area contributed by atoms with E-state index in [-0.39, 0.29) is 11.4 Å². The minimum absolute atomic E-state index is 0.0926. The molecule has 0 amide bonds. The van der Waals surface area contributed by atoms with Crippen molar-refractivity contribution in [1.29, 1.82) is 15.9 Å². The van der Waals surface area contributed by atoms with Gasteiger partial charge in [0.15, 0.2) is 11.4 Å². The van der Waals surface area contributed by atoms with Gasteiger partial charge in [-0.2, -0.15) is 10.5 Å². The molecule has 10 heavy (non-hydrogen) atoms. The fraction of sp³-hybridized carbons (Fsp3) is 0.333. The summed E-state index contributed by atoms with van der Waals surface area (Å²) in [5, 5.41) is 23.3. The molecule has 0 unspecified atom stereocenters. The summed E-state index contributed by atoms with van der Waals surface area (Å²) < 4.78 is 0. The summed E-state index contributed by atoms with van der Waals surface area (Å²) in [5.41, 5.74) is -0.464. The van der Waals surface area contributed by atoms with E-state index >= 15 is 0 Å². The number of aliphatic imine (C=N–C) groups is 1. The van der Waals surface area contributed by atoms with Gasteiger partial charge in [0.2, 0.25) is 0 Å². The lowest BCUT2D eigenvalue weighted by Crippen LogP contribution is -2.08. The quantitative estimate of drug-likeness (QED) is 0.558. The van der Waals surface area contributed by atoms with Crippen LogP contribution in [-0.4, -0.2) is 18.0 Å². The monoisotopic (exact) mass is 134 g/mol. The zero-order valence-electron chi connectivity index (χ0n) is 5.55. The molecule has 0 bridgehead atoms. The van der Waals surface area contributed by atoms with Gasteiger partial charge < -0.3 is 0 Å². The molecule has 4 nitrogen and oxygen atoms in total. The number of nitriles is 2. The Labute approximate surface area is 58.9 Å². The van der Waals surface area contributed by atoms with E-state index in [1.54, 1.807) is 13.0 Å². The molecular formula is C6H6N4. The van der Waals surface area contributed by atoms with Crippen molar-refractivity contribution in [2.45, 2.75) is 6.92 Å². The average Bonchev–Trinajstić information content (AvgIpc) is 1.99. The highest BCUT2D eigenvalue weighted by Crippen LogP contribution is 1.79. The Kier molecular flexibility index (Phi) is 3.51. The van der Waals surface area contributed by atoms with Crippen molar-refractivity contribution < 1.29 is 0 Å². The first-order valence-corrected chi connectivity index (χ1v) is 2.69. The van der Waals surface area contributed by atoms with E-state index in [1.807, 2.05) is 0 Å². The highest BCUT2D eigenvalue weighted by molar-refractivity contribution is 6.52. The first-order valence-electron chi connectivity index (χ1n) is 2.69. The highest BCUT2D eigenvalue weighted by atomic mass is 14.7. The van der Waals surface area contributed by atoms with Gasteiger partial charge in [0.25, 0.3) is 0 Å².